The molecule has 3 aromatic rings. The molecule has 0 aliphatic carbocycles. The third-order valence-corrected chi connectivity index (χ3v) is 4.60. The highest BCUT2D eigenvalue weighted by atomic mass is 35.5. The summed E-state index contributed by atoms with van der Waals surface area (Å²) in [7, 11) is 0. The van der Waals surface area contributed by atoms with Crippen molar-refractivity contribution in [3.63, 3.8) is 0 Å². The quantitative estimate of drug-likeness (QED) is 0.602. The van der Waals surface area contributed by atoms with E-state index in [2.05, 4.69) is 5.32 Å². The van der Waals surface area contributed by atoms with Crippen LogP contribution in [0.3, 0.4) is 0 Å². The van der Waals surface area contributed by atoms with Gasteiger partial charge in [0.05, 0.1) is 17.1 Å². The molecule has 0 aliphatic heterocycles. The summed E-state index contributed by atoms with van der Waals surface area (Å²) in [5.41, 5.74) is 0.683. The highest BCUT2D eigenvalue weighted by molar-refractivity contribution is 6.35. The molecule has 0 unspecified atom stereocenters. The molecule has 0 saturated heterocycles. The summed E-state index contributed by atoms with van der Waals surface area (Å²) in [5.74, 6) is -0.288. The van der Waals surface area contributed by atoms with Gasteiger partial charge in [-0.1, -0.05) is 35.3 Å². The summed E-state index contributed by atoms with van der Waals surface area (Å²) in [6.45, 7) is 0.576. The number of pyridine rings is 1. The number of hydrogen-bond acceptors (Lipinski definition) is 3. The summed E-state index contributed by atoms with van der Waals surface area (Å²) >= 11 is 11.9. The number of halogens is 3. The summed E-state index contributed by atoms with van der Waals surface area (Å²) in [5, 5.41) is 3.57. The third kappa shape index (κ3) is 5.82. The molecule has 1 N–H and O–H groups in total. The van der Waals surface area contributed by atoms with Gasteiger partial charge in [-0.2, -0.15) is 0 Å². The molecule has 3 rings (SSSR count). The SMILES string of the molecule is O=C(NCc1cccc(F)c1)c1ccc(=O)n(CCOc2ccc(Cl)cc2Cl)c1. The molecule has 5 nitrogen and oxygen atoms in total. The molecule has 0 bridgehead atoms. The van der Waals surface area contributed by atoms with E-state index in [9.17, 15) is 14.0 Å². The summed E-state index contributed by atoms with van der Waals surface area (Å²) in [4.78, 5) is 24.4. The van der Waals surface area contributed by atoms with Crippen LogP contribution in [-0.4, -0.2) is 17.1 Å². The van der Waals surface area contributed by atoms with Crippen molar-refractivity contribution in [1.29, 1.82) is 0 Å². The third-order valence-electron chi connectivity index (χ3n) is 4.07. The van der Waals surface area contributed by atoms with E-state index in [1.165, 1.54) is 35.0 Å². The second-order valence-electron chi connectivity index (χ2n) is 6.19. The first-order valence-electron chi connectivity index (χ1n) is 8.73. The van der Waals surface area contributed by atoms with E-state index in [4.69, 9.17) is 27.9 Å². The molecular weight excluding hydrogens is 418 g/mol. The first-order chi connectivity index (χ1) is 13.9. The Hall–Kier alpha value is -2.83. The van der Waals surface area contributed by atoms with E-state index in [0.717, 1.165) is 0 Å². The van der Waals surface area contributed by atoms with Crippen molar-refractivity contribution in [2.75, 3.05) is 6.61 Å². The molecule has 1 heterocycles. The molecular formula is C21H17Cl2FN2O3. The largest absolute Gasteiger partial charge is 0.490 e. The minimum Gasteiger partial charge on any atom is -0.490 e. The van der Waals surface area contributed by atoms with Gasteiger partial charge in [0.2, 0.25) is 0 Å². The Kier molecular flexibility index (Phi) is 6.90. The molecule has 0 saturated carbocycles. The van der Waals surface area contributed by atoms with Crippen LogP contribution >= 0.6 is 23.2 Å². The van der Waals surface area contributed by atoms with Crippen LogP contribution in [0.25, 0.3) is 0 Å². The van der Waals surface area contributed by atoms with Gasteiger partial charge in [-0.15, -0.1) is 0 Å². The number of ether oxygens (including phenoxy) is 1. The van der Waals surface area contributed by atoms with Crippen LogP contribution in [0.15, 0.2) is 65.6 Å². The fourth-order valence-electron chi connectivity index (χ4n) is 2.62. The lowest BCUT2D eigenvalue weighted by molar-refractivity contribution is 0.0950. The number of carbonyl (C=O) groups excluding carboxylic acids is 1. The molecule has 29 heavy (non-hydrogen) atoms. The average Bonchev–Trinajstić information content (AvgIpc) is 2.69. The van der Waals surface area contributed by atoms with Crippen molar-refractivity contribution in [2.45, 2.75) is 13.1 Å². The second-order valence-corrected chi connectivity index (χ2v) is 7.03. The Balaban J connectivity index is 1.61. The van der Waals surface area contributed by atoms with Gasteiger partial charge in [-0.05, 0) is 42.0 Å². The van der Waals surface area contributed by atoms with Gasteiger partial charge in [0.25, 0.3) is 11.5 Å². The van der Waals surface area contributed by atoms with Gasteiger partial charge in [0.15, 0.2) is 0 Å². The Bertz CT molecular complexity index is 1090. The highest BCUT2D eigenvalue weighted by Crippen LogP contribution is 2.27. The van der Waals surface area contributed by atoms with Crippen LogP contribution < -0.4 is 15.6 Å². The molecule has 0 fully saturated rings. The number of rotatable bonds is 7. The molecule has 2 aromatic carbocycles. The maximum absolute atomic E-state index is 13.2. The zero-order valence-electron chi connectivity index (χ0n) is 15.2. The molecule has 0 atom stereocenters. The smallest absolute Gasteiger partial charge is 0.253 e. The Labute approximate surface area is 176 Å². The molecule has 0 radical (unpaired) electrons. The number of benzene rings is 2. The lowest BCUT2D eigenvalue weighted by atomic mass is 10.2. The lowest BCUT2D eigenvalue weighted by Gasteiger charge is -2.11. The van der Waals surface area contributed by atoms with E-state index in [0.29, 0.717) is 26.9 Å². The highest BCUT2D eigenvalue weighted by Gasteiger charge is 2.09. The summed E-state index contributed by atoms with van der Waals surface area (Å²) in [6.07, 6.45) is 1.45. The molecule has 1 amide bonds. The minimum absolute atomic E-state index is 0.175. The van der Waals surface area contributed by atoms with E-state index < -0.39 is 0 Å². The molecule has 1 aromatic heterocycles. The zero-order valence-corrected chi connectivity index (χ0v) is 16.7. The fraction of sp³-hybridized carbons (Fsp3) is 0.143. The average molecular weight is 435 g/mol. The Morgan fingerprint density at radius 1 is 1.10 bits per heavy atom. The lowest BCUT2D eigenvalue weighted by Crippen LogP contribution is -2.27. The maximum atomic E-state index is 13.2. The topological polar surface area (TPSA) is 60.3 Å². The van der Waals surface area contributed by atoms with Gasteiger partial charge >= 0.3 is 0 Å². The molecule has 0 aliphatic rings. The monoisotopic (exact) mass is 434 g/mol. The summed E-state index contributed by atoms with van der Waals surface area (Å²) < 4.78 is 20.2. The van der Waals surface area contributed by atoms with E-state index >= 15 is 0 Å². The maximum Gasteiger partial charge on any atom is 0.253 e. The van der Waals surface area contributed by atoms with Crippen molar-refractivity contribution < 1.29 is 13.9 Å². The first kappa shape index (κ1) is 20.9. The van der Waals surface area contributed by atoms with Crippen LogP contribution in [0.4, 0.5) is 4.39 Å². The van der Waals surface area contributed by atoms with E-state index in [1.807, 2.05) is 0 Å². The van der Waals surface area contributed by atoms with Gasteiger partial charge < -0.3 is 14.6 Å². The zero-order chi connectivity index (χ0) is 20.8. The molecule has 0 spiro atoms. The standard InChI is InChI=1S/C21H17Cl2FN2O3/c22-16-5-6-19(18(23)11-16)29-9-8-26-13-15(4-7-20(26)27)21(28)25-12-14-2-1-3-17(24)10-14/h1-7,10-11,13H,8-9,12H2,(H,25,28). The minimum atomic E-state index is -0.371. The number of carbonyl (C=O) groups is 1. The number of nitrogens with zero attached hydrogens (tertiary/aromatic N) is 1. The van der Waals surface area contributed by atoms with E-state index in [-0.39, 0.29) is 37.0 Å². The predicted molar refractivity (Wildman–Crippen MR) is 110 cm³/mol. The number of amides is 1. The van der Waals surface area contributed by atoms with Crippen LogP contribution in [0.5, 0.6) is 5.75 Å². The Morgan fingerprint density at radius 3 is 2.69 bits per heavy atom. The number of nitrogens with one attached hydrogen (secondary N) is 1. The molecule has 150 valence electrons. The van der Waals surface area contributed by atoms with Crippen LogP contribution in [0.2, 0.25) is 10.0 Å². The van der Waals surface area contributed by atoms with Gasteiger partial charge in [0.1, 0.15) is 18.2 Å². The van der Waals surface area contributed by atoms with Gasteiger partial charge in [0, 0.05) is 23.8 Å². The van der Waals surface area contributed by atoms with Gasteiger partial charge in [-0.3, -0.25) is 9.59 Å². The van der Waals surface area contributed by atoms with Crippen molar-refractivity contribution in [3.05, 3.63) is 98.1 Å². The van der Waals surface area contributed by atoms with Crippen LogP contribution in [0.1, 0.15) is 15.9 Å². The predicted octanol–water partition coefficient (Wildman–Crippen LogP) is 4.30. The molecule has 8 heteroatoms. The summed E-state index contributed by atoms with van der Waals surface area (Å²) in [6, 6.07) is 13.6. The van der Waals surface area contributed by atoms with E-state index in [1.54, 1.807) is 30.3 Å². The van der Waals surface area contributed by atoms with Gasteiger partial charge in [-0.25, -0.2) is 4.39 Å². The Morgan fingerprint density at radius 2 is 1.93 bits per heavy atom. The number of hydrogen-bond donors (Lipinski definition) is 1. The van der Waals surface area contributed by atoms with Crippen molar-refractivity contribution in [1.82, 2.24) is 9.88 Å². The van der Waals surface area contributed by atoms with Crippen molar-refractivity contribution in [2.24, 2.45) is 0 Å². The van der Waals surface area contributed by atoms with Crippen LogP contribution in [-0.2, 0) is 13.1 Å². The second kappa shape index (κ2) is 9.58. The van der Waals surface area contributed by atoms with Crippen molar-refractivity contribution >= 4 is 29.1 Å². The van der Waals surface area contributed by atoms with Crippen LogP contribution in [0, 0.1) is 5.82 Å². The number of aromatic nitrogens is 1. The fourth-order valence-corrected chi connectivity index (χ4v) is 3.08. The van der Waals surface area contributed by atoms with Crippen molar-refractivity contribution in [3.8, 4) is 5.75 Å². The normalized spacial score (nSPS) is 10.6. The first-order valence-corrected chi connectivity index (χ1v) is 9.49.